The number of halogens is 1. The summed E-state index contributed by atoms with van der Waals surface area (Å²) in [6.07, 6.45) is 1.64. The molecule has 1 rings (SSSR count). The van der Waals surface area contributed by atoms with Gasteiger partial charge in [-0.15, -0.1) is 0 Å². The highest BCUT2D eigenvalue weighted by molar-refractivity contribution is 5.13. The van der Waals surface area contributed by atoms with E-state index in [0.29, 0.717) is 0 Å². The normalized spacial score (nSPS) is 8.80. The van der Waals surface area contributed by atoms with Crippen LogP contribution < -0.4 is 0 Å². The number of nitrogens with zero attached hydrogens (tertiary/aromatic N) is 2. The van der Waals surface area contributed by atoms with Crippen LogP contribution in [0.25, 0.3) is 0 Å². The first kappa shape index (κ1) is 6.69. The van der Waals surface area contributed by atoms with E-state index in [1.807, 2.05) is 6.07 Å². The monoisotopic (exact) mass is 136 g/mol. The van der Waals surface area contributed by atoms with Crippen molar-refractivity contribution in [1.29, 1.82) is 5.26 Å². The summed E-state index contributed by atoms with van der Waals surface area (Å²) in [6.45, 7) is 0. The van der Waals surface area contributed by atoms with Gasteiger partial charge in [0.15, 0.2) is 0 Å². The number of aromatic nitrogens is 1. The molecule has 0 saturated heterocycles. The molecule has 0 atom stereocenters. The second-order valence-electron chi connectivity index (χ2n) is 1.82. The molecule has 0 aliphatic heterocycles. The Morgan fingerprint density at radius 3 is 2.90 bits per heavy atom. The Morgan fingerprint density at radius 1 is 1.60 bits per heavy atom. The zero-order valence-corrected chi connectivity index (χ0v) is 5.21. The van der Waals surface area contributed by atoms with Gasteiger partial charge in [0.05, 0.1) is 12.5 Å². The summed E-state index contributed by atoms with van der Waals surface area (Å²) >= 11 is 0. The molecule has 0 aliphatic carbocycles. The van der Waals surface area contributed by atoms with E-state index in [1.54, 1.807) is 6.07 Å². The highest BCUT2D eigenvalue weighted by Gasteiger charge is 1.91. The molecule has 0 aromatic carbocycles. The zero-order valence-electron chi connectivity index (χ0n) is 5.21. The summed E-state index contributed by atoms with van der Waals surface area (Å²) in [4.78, 5) is 3.38. The third kappa shape index (κ3) is 1.52. The maximum Gasteiger partial charge on any atom is 0.212 e. The van der Waals surface area contributed by atoms with Crippen LogP contribution in [0.4, 0.5) is 4.39 Å². The zero-order chi connectivity index (χ0) is 7.40. The van der Waals surface area contributed by atoms with Crippen molar-refractivity contribution >= 4 is 0 Å². The van der Waals surface area contributed by atoms with Crippen LogP contribution in [0.5, 0.6) is 0 Å². The van der Waals surface area contributed by atoms with E-state index in [9.17, 15) is 4.39 Å². The Labute approximate surface area is 57.9 Å². The van der Waals surface area contributed by atoms with Crippen LogP contribution in [-0.2, 0) is 6.42 Å². The quantitative estimate of drug-likeness (QED) is 0.545. The third-order valence-corrected chi connectivity index (χ3v) is 1.07. The lowest BCUT2D eigenvalue weighted by atomic mass is 10.2. The van der Waals surface area contributed by atoms with Gasteiger partial charge in [-0.05, 0) is 11.6 Å². The van der Waals surface area contributed by atoms with Crippen LogP contribution >= 0.6 is 0 Å². The molecular weight excluding hydrogens is 131 g/mol. The van der Waals surface area contributed by atoms with Crippen molar-refractivity contribution in [1.82, 2.24) is 4.98 Å². The van der Waals surface area contributed by atoms with Gasteiger partial charge < -0.3 is 0 Å². The van der Waals surface area contributed by atoms with Gasteiger partial charge in [0.1, 0.15) is 0 Å². The van der Waals surface area contributed by atoms with Crippen molar-refractivity contribution in [2.45, 2.75) is 6.42 Å². The maximum absolute atomic E-state index is 12.1. The van der Waals surface area contributed by atoms with Crippen molar-refractivity contribution in [3.05, 3.63) is 29.8 Å². The van der Waals surface area contributed by atoms with E-state index < -0.39 is 5.95 Å². The number of hydrogen-bond donors (Lipinski definition) is 0. The third-order valence-electron chi connectivity index (χ3n) is 1.07. The van der Waals surface area contributed by atoms with E-state index in [-0.39, 0.29) is 6.42 Å². The highest BCUT2D eigenvalue weighted by Crippen LogP contribution is 1.98. The van der Waals surface area contributed by atoms with Gasteiger partial charge in [0, 0.05) is 6.20 Å². The molecule has 1 aromatic heterocycles. The first-order valence-electron chi connectivity index (χ1n) is 2.80. The molecule has 0 saturated carbocycles. The van der Waals surface area contributed by atoms with Crippen molar-refractivity contribution in [3.8, 4) is 6.07 Å². The fourth-order valence-corrected chi connectivity index (χ4v) is 0.602. The van der Waals surface area contributed by atoms with Crippen LogP contribution in [0, 0.1) is 17.3 Å². The minimum atomic E-state index is -0.512. The molecule has 0 fully saturated rings. The summed E-state index contributed by atoms with van der Waals surface area (Å²) < 4.78 is 12.1. The average molecular weight is 136 g/mol. The SMILES string of the molecule is N#CCc1ccc(F)nc1. The van der Waals surface area contributed by atoms with Crippen LogP contribution in [-0.4, -0.2) is 4.98 Å². The summed E-state index contributed by atoms with van der Waals surface area (Å²) in [5.41, 5.74) is 0.740. The number of nitriles is 1. The molecule has 1 aromatic rings. The number of pyridine rings is 1. The van der Waals surface area contributed by atoms with Crippen molar-refractivity contribution in [2.75, 3.05) is 0 Å². The molecule has 0 radical (unpaired) electrons. The maximum atomic E-state index is 12.1. The van der Waals surface area contributed by atoms with Crippen molar-refractivity contribution in [3.63, 3.8) is 0 Å². The van der Waals surface area contributed by atoms with Crippen LogP contribution in [0.1, 0.15) is 5.56 Å². The van der Waals surface area contributed by atoms with Crippen molar-refractivity contribution < 1.29 is 4.39 Å². The van der Waals surface area contributed by atoms with Crippen molar-refractivity contribution in [2.24, 2.45) is 0 Å². The fraction of sp³-hybridized carbons (Fsp3) is 0.143. The molecule has 50 valence electrons. The van der Waals surface area contributed by atoms with E-state index in [0.717, 1.165) is 5.56 Å². The second kappa shape index (κ2) is 2.92. The molecule has 0 N–H and O–H groups in total. The lowest BCUT2D eigenvalue weighted by Crippen LogP contribution is -1.85. The largest absolute Gasteiger partial charge is 0.228 e. The highest BCUT2D eigenvalue weighted by atomic mass is 19.1. The van der Waals surface area contributed by atoms with Gasteiger partial charge >= 0.3 is 0 Å². The lowest BCUT2D eigenvalue weighted by molar-refractivity contribution is 0.582. The molecule has 2 nitrogen and oxygen atoms in total. The Kier molecular flexibility index (Phi) is 1.96. The van der Waals surface area contributed by atoms with Gasteiger partial charge in [0.25, 0.3) is 0 Å². The summed E-state index contributed by atoms with van der Waals surface area (Å²) in [5.74, 6) is -0.512. The first-order valence-corrected chi connectivity index (χ1v) is 2.80. The molecule has 0 amide bonds. The molecule has 0 unspecified atom stereocenters. The van der Waals surface area contributed by atoms with Crippen LogP contribution in [0.3, 0.4) is 0 Å². The van der Waals surface area contributed by atoms with Gasteiger partial charge in [-0.25, -0.2) is 4.98 Å². The topological polar surface area (TPSA) is 36.7 Å². The summed E-state index contributed by atoms with van der Waals surface area (Å²) in [6, 6.07) is 4.73. The summed E-state index contributed by atoms with van der Waals surface area (Å²) in [5, 5.41) is 8.22. The number of hydrogen-bond acceptors (Lipinski definition) is 2. The fourth-order valence-electron chi connectivity index (χ4n) is 0.602. The Balaban J connectivity index is 2.81. The first-order chi connectivity index (χ1) is 4.83. The molecule has 3 heteroatoms. The molecule has 0 spiro atoms. The minimum absolute atomic E-state index is 0.285. The Morgan fingerprint density at radius 2 is 2.40 bits per heavy atom. The molecule has 1 heterocycles. The smallest absolute Gasteiger partial charge is 0.212 e. The lowest BCUT2D eigenvalue weighted by Gasteiger charge is -1.90. The van der Waals surface area contributed by atoms with E-state index in [1.165, 1.54) is 12.3 Å². The predicted octanol–water partition coefficient (Wildman–Crippen LogP) is 1.29. The van der Waals surface area contributed by atoms with Gasteiger partial charge in [-0.3, -0.25) is 0 Å². The van der Waals surface area contributed by atoms with Gasteiger partial charge in [0.2, 0.25) is 5.95 Å². The van der Waals surface area contributed by atoms with Crippen LogP contribution in [0.2, 0.25) is 0 Å². The minimum Gasteiger partial charge on any atom is -0.228 e. The van der Waals surface area contributed by atoms with E-state index in [4.69, 9.17) is 5.26 Å². The predicted molar refractivity (Wildman–Crippen MR) is 33.5 cm³/mol. The summed E-state index contributed by atoms with van der Waals surface area (Å²) in [7, 11) is 0. The standard InChI is InChI=1S/C7H5FN2/c8-7-2-1-6(3-4-9)5-10-7/h1-2,5H,3H2. The van der Waals surface area contributed by atoms with Crippen LogP contribution in [0.15, 0.2) is 18.3 Å². The Bertz CT molecular complexity index is 247. The molecule has 10 heavy (non-hydrogen) atoms. The Hall–Kier alpha value is -1.43. The van der Waals surface area contributed by atoms with E-state index in [2.05, 4.69) is 4.98 Å². The molecular formula is C7H5FN2. The van der Waals surface area contributed by atoms with Gasteiger partial charge in [-0.1, -0.05) is 6.07 Å². The molecule has 0 aliphatic rings. The van der Waals surface area contributed by atoms with Gasteiger partial charge in [-0.2, -0.15) is 9.65 Å². The molecule has 0 bridgehead atoms. The van der Waals surface area contributed by atoms with E-state index >= 15 is 0 Å². The average Bonchev–Trinajstić information content (AvgIpc) is 1.95. The second-order valence-corrected chi connectivity index (χ2v) is 1.82. The number of rotatable bonds is 1.